The van der Waals surface area contributed by atoms with Gasteiger partial charge in [-0.25, -0.2) is 4.79 Å². The predicted molar refractivity (Wildman–Crippen MR) is 107 cm³/mol. The van der Waals surface area contributed by atoms with Gasteiger partial charge in [-0.1, -0.05) is 18.2 Å². The molecule has 0 fully saturated rings. The molecule has 0 aliphatic carbocycles. The van der Waals surface area contributed by atoms with Crippen LogP contribution in [0.4, 0.5) is 13.2 Å². The van der Waals surface area contributed by atoms with Gasteiger partial charge in [0.05, 0.1) is 5.57 Å². The number of nitrogens with zero attached hydrogens (tertiary/aromatic N) is 3. The number of amides is 1. The minimum Gasteiger partial charge on any atom is -0.422 e. The van der Waals surface area contributed by atoms with Crippen molar-refractivity contribution < 1.29 is 27.5 Å². The number of hydrogen-bond acceptors (Lipinski definition) is 7. The second-order valence-corrected chi connectivity index (χ2v) is 7.76. The zero-order chi connectivity index (χ0) is 21.5. The van der Waals surface area contributed by atoms with Crippen molar-refractivity contribution in [2.24, 2.45) is 10.1 Å². The first kappa shape index (κ1) is 20.0. The van der Waals surface area contributed by atoms with Crippen molar-refractivity contribution >= 4 is 57.1 Å². The van der Waals surface area contributed by atoms with Crippen LogP contribution in [0.25, 0.3) is 6.08 Å². The fourth-order valence-corrected chi connectivity index (χ4v) is 3.81. The average molecular weight is 450 g/mol. The number of aliphatic imine (C=N–C) groups is 1. The van der Waals surface area contributed by atoms with Gasteiger partial charge in [0.15, 0.2) is 5.84 Å². The molecule has 2 aliphatic heterocycles. The number of hydrogen-bond donors (Lipinski definition) is 1. The maximum absolute atomic E-state index is 12.8. The molecule has 1 aromatic carbocycles. The zero-order valence-corrected chi connectivity index (χ0v) is 16.3. The van der Waals surface area contributed by atoms with E-state index in [1.165, 1.54) is 41.7 Å². The van der Waals surface area contributed by atoms with Gasteiger partial charge in [-0.3, -0.25) is 10.2 Å². The molecule has 4 rings (SSSR count). The summed E-state index contributed by atoms with van der Waals surface area (Å²) < 4.78 is 43.8. The predicted octanol–water partition coefficient (Wildman–Crippen LogP) is 4.15. The van der Waals surface area contributed by atoms with Gasteiger partial charge in [-0.15, -0.1) is 11.3 Å². The summed E-state index contributed by atoms with van der Waals surface area (Å²) in [4.78, 5) is 28.2. The highest BCUT2D eigenvalue weighted by Gasteiger charge is 2.46. The fourth-order valence-electron chi connectivity index (χ4n) is 2.46. The Balaban J connectivity index is 1.53. The Morgan fingerprint density at radius 2 is 1.93 bits per heavy atom. The molecule has 7 nitrogen and oxygen atoms in total. The number of benzene rings is 1. The van der Waals surface area contributed by atoms with Crippen LogP contribution in [0.3, 0.4) is 0 Å². The van der Waals surface area contributed by atoms with Gasteiger partial charge in [0, 0.05) is 0 Å². The van der Waals surface area contributed by atoms with Gasteiger partial charge in [0.1, 0.15) is 10.6 Å². The van der Waals surface area contributed by atoms with Crippen molar-refractivity contribution in [3.63, 3.8) is 0 Å². The lowest BCUT2D eigenvalue weighted by atomic mass is 10.1. The molecule has 30 heavy (non-hydrogen) atoms. The number of carbonyl (C=O) groups excluding carboxylic acids is 2. The van der Waals surface area contributed by atoms with Gasteiger partial charge < -0.3 is 4.74 Å². The quantitative estimate of drug-likeness (QED) is 0.431. The molecule has 0 saturated carbocycles. The van der Waals surface area contributed by atoms with E-state index in [2.05, 4.69) is 10.1 Å². The maximum atomic E-state index is 12.8. The molecule has 0 spiro atoms. The summed E-state index contributed by atoms with van der Waals surface area (Å²) in [6.45, 7) is 0. The molecule has 0 bridgehead atoms. The smallest absolute Gasteiger partial charge is 0.422 e. The van der Waals surface area contributed by atoms with Gasteiger partial charge in [0.2, 0.25) is 10.2 Å². The second-order valence-electron chi connectivity index (χ2n) is 5.86. The lowest BCUT2D eigenvalue weighted by Crippen LogP contribution is -2.35. The Morgan fingerprint density at radius 1 is 1.20 bits per heavy atom. The first-order valence-electron chi connectivity index (χ1n) is 8.15. The molecule has 12 heteroatoms. The Labute approximate surface area is 175 Å². The lowest BCUT2D eigenvalue weighted by molar-refractivity contribution is -0.114. The Kier molecular flexibility index (Phi) is 5.03. The number of thioether (sulfide) groups is 1. The Morgan fingerprint density at radius 3 is 2.57 bits per heavy atom. The molecule has 0 radical (unpaired) electrons. The molecule has 3 heterocycles. The zero-order valence-electron chi connectivity index (χ0n) is 14.6. The second kappa shape index (κ2) is 7.54. The summed E-state index contributed by atoms with van der Waals surface area (Å²) in [6.07, 6.45) is -3.39. The van der Waals surface area contributed by atoms with Gasteiger partial charge >= 0.3 is 12.1 Å². The highest BCUT2D eigenvalue weighted by Crippen LogP contribution is 2.35. The first-order chi connectivity index (χ1) is 14.2. The monoisotopic (exact) mass is 450 g/mol. The van der Waals surface area contributed by atoms with E-state index in [9.17, 15) is 22.8 Å². The fraction of sp³-hybridized carbons (Fsp3) is 0.0556. The highest BCUT2D eigenvalue weighted by molar-refractivity contribution is 8.27. The van der Waals surface area contributed by atoms with Gasteiger partial charge in [-0.05, 0) is 47.0 Å². The number of carbonyl (C=O) groups is 2. The van der Waals surface area contributed by atoms with E-state index >= 15 is 0 Å². The number of ether oxygens (including phenoxy) is 1. The molecule has 0 saturated heterocycles. The van der Waals surface area contributed by atoms with Crippen molar-refractivity contribution in [2.75, 3.05) is 0 Å². The molecule has 152 valence electrons. The number of nitrogens with one attached hydrogen (secondary N) is 1. The third-order valence-electron chi connectivity index (χ3n) is 3.82. The van der Waals surface area contributed by atoms with Crippen LogP contribution in [0, 0.1) is 5.41 Å². The van der Waals surface area contributed by atoms with Crippen LogP contribution < -0.4 is 4.74 Å². The van der Waals surface area contributed by atoms with Crippen molar-refractivity contribution in [2.45, 2.75) is 6.18 Å². The molecule has 2 aromatic rings. The van der Waals surface area contributed by atoms with Crippen LogP contribution >= 0.6 is 23.1 Å². The van der Waals surface area contributed by atoms with Gasteiger partial charge in [-0.2, -0.15) is 28.3 Å². The van der Waals surface area contributed by atoms with E-state index in [0.29, 0.717) is 15.4 Å². The Bertz CT molecular complexity index is 1140. The van der Waals surface area contributed by atoms with Crippen LogP contribution in [0.2, 0.25) is 0 Å². The number of alkyl halides is 3. The van der Waals surface area contributed by atoms with Crippen molar-refractivity contribution in [3.05, 3.63) is 57.8 Å². The maximum Gasteiger partial charge on any atom is 0.441 e. The number of fused-ring (bicyclic) bond motifs is 1. The number of halogens is 3. The molecular weight excluding hydrogens is 441 g/mol. The summed E-state index contributed by atoms with van der Waals surface area (Å²) in [7, 11) is 0. The third-order valence-corrected chi connectivity index (χ3v) is 5.62. The SMILES string of the molecule is N=C1C(=Cc2ccc(OC(=O)c3cccs3)cc2)C(=O)N=C2SC(C(F)(F)F)=NN12. The largest absolute Gasteiger partial charge is 0.441 e. The summed E-state index contributed by atoms with van der Waals surface area (Å²) in [5.74, 6) is -1.58. The van der Waals surface area contributed by atoms with Crippen LogP contribution in [0.1, 0.15) is 15.2 Å². The minimum absolute atomic E-state index is 0.188. The molecule has 0 unspecified atom stereocenters. The first-order valence-corrected chi connectivity index (χ1v) is 9.85. The third kappa shape index (κ3) is 3.91. The molecule has 0 atom stereocenters. The lowest BCUT2D eigenvalue weighted by Gasteiger charge is -2.20. The van der Waals surface area contributed by atoms with Crippen LogP contribution in [-0.4, -0.2) is 39.1 Å². The van der Waals surface area contributed by atoms with E-state index in [1.54, 1.807) is 17.5 Å². The summed E-state index contributed by atoms with van der Waals surface area (Å²) in [5.41, 5.74) is 0.249. The van der Waals surface area contributed by atoms with E-state index in [-0.39, 0.29) is 28.3 Å². The minimum atomic E-state index is -4.70. The molecular formula is C18H9F3N4O3S2. The van der Waals surface area contributed by atoms with Gasteiger partial charge in [0.25, 0.3) is 5.91 Å². The molecule has 1 N–H and O–H groups in total. The standard InChI is InChI=1S/C18H9F3N4O3S2/c19-18(20,21)16-24-25-13(22)11(14(26)23-17(25)30-16)8-9-3-5-10(6-4-9)28-15(27)12-2-1-7-29-12/h1-8,22H. The molecule has 2 aliphatic rings. The van der Waals surface area contributed by atoms with E-state index in [4.69, 9.17) is 10.1 Å². The molecule has 1 aromatic heterocycles. The van der Waals surface area contributed by atoms with E-state index < -0.39 is 28.9 Å². The number of amidine groups is 2. The normalized spacial score (nSPS) is 17.7. The van der Waals surface area contributed by atoms with E-state index in [0.717, 1.165) is 0 Å². The van der Waals surface area contributed by atoms with Crippen LogP contribution in [-0.2, 0) is 4.79 Å². The summed E-state index contributed by atoms with van der Waals surface area (Å²) in [5, 5.41) is 12.3. The summed E-state index contributed by atoms with van der Waals surface area (Å²) in [6, 6.07) is 9.41. The summed E-state index contributed by atoms with van der Waals surface area (Å²) >= 11 is 1.43. The van der Waals surface area contributed by atoms with E-state index in [1.807, 2.05) is 0 Å². The molecule has 1 amide bonds. The van der Waals surface area contributed by atoms with Crippen molar-refractivity contribution in [3.8, 4) is 5.75 Å². The average Bonchev–Trinajstić information content (AvgIpc) is 3.36. The van der Waals surface area contributed by atoms with Crippen molar-refractivity contribution in [1.29, 1.82) is 5.41 Å². The number of rotatable bonds is 3. The topological polar surface area (TPSA) is 95.2 Å². The number of thiophene rings is 1. The number of hydrazone groups is 1. The van der Waals surface area contributed by atoms with Crippen molar-refractivity contribution in [1.82, 2.24) is 5.01 Å². The number of esters is 1. The van der Waals surface area contributed by atoms with Crippen LogP contribution in [0.5, 0.6) is 5.75 Å². The Hall–Kier alpha value is -3.25. The highest BCUT2D eigenvalue weighted by atomic mass is 32.2. The van der Waals surface area contributed by atoms with Crippen LogP contribution in [0.15, 0.2) is 57.4 Å².